The van der Waals surface area contributed by atoms with Crippen LogP contribution in [0, 0.1) is 5.92 Å². The van der Waals surface area contributed by atoms with Crippen LogP contribution in [-0.2, 0) is 9.53 Å². The molecular formula is C22H26N2O3. The molecule has 0 bridgehead atoms. The fraction of sp³-hybridized carbons (Fsp3) is 0.364. The molecule has 27 heavy (non-hydrogen) atoms. The van der Waals surface area contributed by atoms with E-state index in [1.807, 2.05) is 12.1 Å². The predicted molar refractivity (Wildman–Crippen MR) is 107 cm³/mol. The summed E-state index contributed by atoms with van der Waals surface area (Å²) in [5.74, 6) is 1.30. The van der Waals surface area contributed by atoms with Crippen molar-refractivity contribution in [2.24, 2.45) is 5.92 Å². The van der Waals surface area contributed by atoms with E-state index < -0.39 is 0 Å². The molecular weight excluding hydrogens is 340 g/mol. The van der Waals surface area contributed by atoms with E-state index in [-0.39, 0.29) is 5.91 Å². The lowest BCUT2D eigenvalue weighted by Crippen LogP contribution is -2.25. The molecule has 1 aliphatic rings. The van der Waals surface area contributed by atoms with Gasteiger partial charge < -0.3 is 15.0 Å². The molecule has 5 heteroatoms. The van der Waals surface area contributed by atoms with Gasteiger partial charge in [0.25, 0.3) is 5.91 Å². The first-order valence-electron chi connectivity index (χ1n) is 9.38. The zero-order chi connectivity index (χ0) is 19.2. The van der Waals surface area contributed by atoms with Crippen LogP contribution >= 0.6 is 0 Å². The SMILES string of the molecule is CCC1CC1c1ccc(NC(=O)c2cccc(N(C=O)CCOC)c2)cc1. The van der Waals surface area contributed by atoms with Crippen molar-refractivity contribution < 1.29 is 14.3 Å². The van der Waals surface area contributed by atoms with Gasteiger partial charge in [-0.05, 0) is 54.2 Å². The predicted octanol–water partition coefficient (Wildman–Crippen LogP) is 4.06. The number of rotatable bonds is 9. The van der Waals surface area contributed by atoms with Gasteiger partial charge in [-0.15, -0.1) is 0 Å². The maximum Gasteiger partial charge on any atom is 0.255 e. The van der Waals surface area contributed by atoms with Crippen molar-refractivity contribution in [3.8, 4) is 0 Å². The standard InChI is InChI=1S/C22H26N2O3/c1-3-16-14-21(16)17-7-9-19(10-8-17)23-22(26)18-5-4-6-20(13-18)24(15-25)11-12-27-2/h4-10,13,15-16,21H,3,11-12,14H2,1-2H3,(H,23,26). The van der Waals surface area contributed by atoms with Crippen LogP contribution in [0.25, 0.3) is 0 Å². The van der Waals surface area contributed by atoms with Crippen LogP contribution in [0.5, 0.6) is 0 Å². The normalized spacial score (nSPS) is 18.0. The maximum atomic E-state index is 12.6. The molecule has 1 saturated carbocycles. The first-order valence-corrected chi connectivity index (χ1v) is 9.38. The third-order valence-electron chi connectivity index (χ3n) is 5.15. The van der Waals surface area contributed by atoms with Crippen LogP contribution in [0.4, 0.5) is 11.4 Å². The number of amides is 2. The van der Waals surface area contributed by atoms with Crippen molar-refractivity contribution in [3.63, 3.8) is 0 Å². The van der Waals surface area contributed by atoms with Crippen molar-refractivity contribution in [1.82, 2.24) is 0 Å². The molecule has 0 aromatic heterocycles. The topological polar surface area (TPSA) is 58.6 Å². The van der Waals surface area contributed by atoms with Gasteiger partial charge in [0.2, 0.25) is 6.41 Å². The quantitative estimate of drug-likeness (QED) is 0.681. The Morgan fingerprint density at radius 3 is 2.67 bits per heavy atom. The first-order chi connectivity index (χ1) is 13.2. The van der Waals surface area contributed by atoms with Crippen molar-refractivity contribution in [2.75, 3.05) is 30.5 Å². The fourth-order valence-electron chi connectivity index (χ4n) is 3.38. The Kier molecular flexibility index (Phi) is 6.24. The number of nitrogens with one attached hydrogen (secondary N) is 1. The third-order valence-corrected chi connectivity index (χ3v) is 5.15. The van der Waals surface area contributed by atoms with Gasteiger partial charge in [0.05, 0.1) is 6.61 Å². The molecule has 1 fully saturated rings. The van der Waals surface area contributed by atoms with Crippen molar-refractivity contribution in [3.05, 3.63) is 59.7 Å². The molecule has 2 unspecified atom stereocenters. The first kappa shape index (κ1) is 19.1. The number of nitrogens with zero attached hydrogens (tertiary/aromatic N) is 1. The molecule has 3 rings (SSSR count). The zero-order valence-corrected chi connectivity index (χ0v) is 15.9. The van der Waals surface area contributed by atoms with Gasteiger partial charge in [0.1, 0.15) is 0 Å². The second kappa shape index (κ2) is 8.82. The third kappa shape index (κ3) is 4.74. The smallest absolute Gasteiger partial charge is 0.255 e. The van der Waals surface area contributed by atoms with Crippen LogP contribution in [0.15, 0.2) is 48.5 Å². The highest BCUT2D eigenvalue weighted by molar-refractivity contribution is 6.05. The lowest BCUT2D eigenvalue weighted by molar-refractivity contribution is -0.107. The molecule has 0 spiro atoms. The molecule has 0 aliphatic heterocycles. The van der Waals surface area contributed by atoms with Crippen LogP contribution in [0.3, 0.4) is 0 Å². The minimum Gasteiger partial charge on any atom is -0.383 e. The van der Waals surface area contributed by atoms with Crippen LogP contribution < -0.4 is 10.2 Å². The number of carbonyl (C=O) groups is 2. The summed E-state index contributed by atoms with van der Waals surface area (Å²) in [5, 5.41) is 2.93. The minimum absolute atomic E-state index is 0.194. The number of benzene rings is 2. The Labute approximate surface area is 160 Å². The number of ether oxygens (including phenoxy) is 1. The van der Waals surface area contributed by atoms with Crippen molar-refractivity contribution in [1.29, 1.82) is 0 Å². The summed E-state index contributed by atoms with van der Waals surface area (Å²) >= 11 is 0. The van der Waals surface area contributed by atoms with Crippen LogP contribution in [0.1, 0.15) is 41.6 Å². The highest BCUT2D eigenvalue weighted by Crippen LogP contribution is 2.49. The Morgan fingerprint density at radius 1 is 1.26 bits per heavy atom. The van der Waals surface area contributed by atoms with Gasteiger partial charge in [-0.1, -0.05) is 31.5 Å². The summed E-state index contributed by atoms with van der Waals surface area (Å²) in [4.78, 5) is 25.4. The average molecular weight is 366 g/mol. The summed E-state index contributed by atoms with van der Waals surface area (Å²) in [7, 11) is 1.59. The molecule has 0 saturated heterocycles. The molecule has 2 aromatic carbocycles. The van der Waals surface area contributed by atoms with E-state index in [1.54, 1.807) is 31.4 Å². The summed E-state index contributed by atoms with van der Waals surface area (Å²) in [5.41, 5.74) is 3.30. The monoisotopic (exact) mass is 366 g/mol. The van der Waals surface area contributed by atoms with Crippen LogP contribution in [0.2, 0.25) is 0 Å². The molecule has 5 nitrogen and oxygen atoms in total. The Bertz CT molecular complexity index is 788. The Balaban J connectivity index is 1.65. The number of hydrogen-bond acceptors (Lipinski definition) is 3. The summed E-state index contributed by atoms with van der Waals surface area (Å²) in [6.45, 7) is 3.10. The van der Waals surface area contributed by atoms with E-state index in [0.29, 0.717) is 30.3 Å². The lowest BCUT2D eigenvalue weighted by Gasteiger charge is -2.17. The summed E-state index contributed by atoms with van der Waals surface area (Å²) in [6.07, 6.45) is 3.24. The van der Waals surface area contributed by atoms with E-state index in [1.165, 1.54) is 23.3 Å². The number of carbonyl (C=O) groups excluding carboxylic acids is 2. The van der Waals surface area contributed by atoms with E-state index in [4.69, 9.17) is 4.74 Å². The Morgan fingerprint density at radius 2 is 2.04 bits per heavy atom. The van der Waals surface area contributed by atoms with E-state index in [2.05, 4.69) is 24.4 Å². The zero-order valence-electron chi connectivity index (χ0n) is 15.9. The molecule has 142 valence electrons. The molecule has 2 amide bonds. The van der Waals surface area contributed by atoms with E-state index >= 15 is 0 Å². The minimum atomic E-state index is -0.194. The van der Waals surface area contributed by atoms with E-state index in [0.717, 1.165) is 18.0 Å². The van der Waals surface area contributed by atoms with Gasteiger partial charge >= 0.3 is 0 Å². The molecule has 0 heterocycles. The molecule has 0 radical (unpaired) electrons. The summed E-state index contributed by atoms with van der Waals surface area (Å²) < 4.78 is 5.02. The largest absolute Gasteiger partial charge is 0.383 e. The van der Waals surface area contributed by atoms with Crippen molar-refractivity contribution in [2.45, 2.75) is 25.7 Å². The number of hydrogen-bond donors (Lipinski definition) is 1. The van der Waals surface area contributed by atoms with Crippen molar-refractivity contribution >= 4 is 23.7 Å². The fourth-order valence-corrected chi connectivity index (χ4v) is 3.38. The Hall–Kier alpha value is -2.66. The van der Waals surface area contributed by atoms with Gasteiger partial charge in [0.15, 0.2) is 0 Å². The maximum absolute atomic E-state index is 12.6. The molecule has 2 aromatic rings. The van der Waals surface area contributed by atoms with Crippen LogP contribution in [-0.4, -0.2) is 32.6 Å². The summed E-state index contributed by atoms with van der Waals surface area (Å²) in [6, 6.07) is 15.1. The second-order valence-corrected chi connectivity index (χ2v) is 6.93. The molecule has 2 atom stereocenters. The molecule has 1 N–H and O–H groups in total. The number of methoxy groups -OCH3 is 1. The van der Waals surface area contributed by atoms with Gasteiger partial charge in [-0.3, -0.25) is 9.59 Å². The van der Waals surface area contributed by atoms with E-state index in [9.17, 15) is 9.59 Å². The highest BCUT2D eigenvalue weighted by Gasteiger charge is 2.36. The van der Waals surface area contributed by atoms with Gasteiger partial charge in [-0.25, -0.2) is 0 Å². The van der Waals surface area contributed by atoms with Gasteiger partial charge in [-0.2, -0.15) is 0 Å². The second-order valence-electron chi connectivity index (χ2n) is 6.93. The molecule has 1 aliphatic carbocycles. The highest BCUT2D eigenvalue weighted by atomic mass is 16.5. The average Bonchev–Trinajstić information content (AvgIpc) is 3.49. The number of anilines is 2. The lowest BCUT2D eigenvalue weighted by atomic mass is 10.1. The van der Waals surface area contributed by atoms with Gasteiger partial charge in [0, 0.05) is 30.6 Å².